The molecule has 7 heteroatoms. The average molecular weight is 276 g/mol. The molecule has 3 rings (SSSR count). The van der Waals surface area contributed by atoms with E-state index in [2.05, 4.69) is 25.5 Å². The summed E-state index contributed by atoms with van der Waals surface area (Å²) in [7, 11) is 1.87. The van der Waals surface area contributed by atoms with Crippen LogP contribution in [0.25, 0.3) is 0 Å². The lowest BCUT2D eigenvalue weighted by atomic mass is 10.1. The van der Waals surface area contributed by atoms with E-state index in [4.69, 9.17) is 0 Å². The van der Waals surface area contributed by atoms with Crippen LogP contribution in [0, 0.1) is 13.8 Å². The van der Waals surface area contributed by atoms with Crippen LogP contribution in [0.15, 0.2) is 0 Å². The van der Waals surface area contributed by atoms with Gasteiger partial charge < -0.3 is 20.4 Å². The minimum atomic E-state index is 0.0566. The number of carbonyl (C=O) groups is 1. The number of hydrogen-bond acceptors (Lipinski definition) is 5. The number of rotatable bonds is 2. The van der Waals surface area contributed by atoms with Crippen LogP contribution in [0.5, 0.6) is 0 Å². The SMILES string of the molecule is CNc1nc(C)nc(N2CCN3C(=O)NCC3C2)c1C. The van der Waals surface area contributed by atoms with Crippen LogP contribution < -0.4 is 15.5 Å². The molecule has 2 N–H and O–H groups in total. The highest BCUT2D eigenvalue weighted by Gasteiger charge is 2.36. The molecule has 108 valence electrons. The summed E-state index contributed by atoms with van der Waals surface area (Å²) >= 11 is 0. The molecular formula is C13H20N6O. The molecular weight excluding hydrogens is 256 g/mol. The number of anilines is 2. The third-order valence-electron chi connectivity index (χ3n) is 4.00. The van der Waals surface area contributed by atoms with E-state index >= 15 is 0 Å². The normalized spacial score (nSPS) is 21.8. The molecule has 1 unspecified atom stereocenters. The first-order valence-electron chi connectivity index (χ1n) is 6.92. The van der Waals surface area contributed by atoms with Gasteiger partial charge in [-0.15, -0.1) is 0 Å². The van der Waals surface area contributed by atoms with E-state index in [0.29, 0.717) is 0 Å². The van der Waals surface area contributed by atoms with Crippen LogP contribution in [-0.2, 0) is 0 Å². The van der Waals surface area contributed by atoms with Gasteiger partial charge >= 0.3 is 6.03 Å². The largest absolute Gasteiger partial charge is 0.373 e. The maximum Gasteiger partial charge on any atom is 0.317 e. The highest BCUT2D eigenvalue weighted by molar-refractivity contribution is 5.77. The van der Waals surface area contributed by atoms with Gasteiger partial charge in [0.05, 0.1) is 6.04 Å². The number of urea groups is 1. The maximum absolute atomic E-state index is 11.6. The van der Waals surface area contributed by atoms with Crippen molar-refractivity contribution in [2.24, 2.45) is 0 Å². The summed E-state index contributed by atoms with van der Waals surface area (Å²) in [4.78, 5) is 24.8. The molecule has 2 aliphatic heterocycles. The predicted molar refractivity (Wildman–Crippen MR) is 77.2 cm³/mol. The minimum Gasteiger partial charge on any atom is -0.373 e. The number of carbonyl (C=O) groups excluding carboxylic acids is 1. The average Bonchev–Trinajstić information content (AvgIpc) is 2.82. The molecule has 0 aromatic carbocycles. The van der Waals surface area contributed by atoms with Crippen LogP contribution in [0.3, 0.4) is 0 Å². The second-order valence-corrected chi connectivity index (χ2v) is 5.30. The van der Waals surface area contributed by atoms with Crippen molar-refractivity contribution in [3.05, 3.63) is 11.4 Å². The van der Waals surface area contributed by atoms with Gasteiger partial charge in [-0.2, -0.15) is 0 Å². The van der Waals surface area contributed by atoms with Crippen molar-refractivity contribution in [3.63, 3.8) is 0 Å². The number of nitrogens with zero attached hydrogens (tertiary/aromatic N) is 4. The Balaban J connectivity index is 1.87. The fourth-order valence-corrected chi connectivity index (χ4v) is 2.96. The van der Waals surface area contributed by atoms with Crippen LogP contribution in [-0.4, -0.2) is 60.2 Å². The summed E-state index contributed by atoms with van der Waals surface area (Å²) in [6, 6.07) is 0.296. The van der Waals surface area contributed by atoms with Crippen molar-refractivity contribution in [2.75, 3.05) is 43.4 Å². The first-order chi connectivity index (χ1) is 9.60. The Morgan fingerprint density at radius 1 is 1.30 bits per heavy atom. The fourth-order valence-electron chi connectivity index (χ4n) is 2.96. The van der Waals surface area contributed by atoms with Gasteiger partial charge in [-0.1, -0.05) is 0 Å². The molecule has 2 aliphatic rings. The molecule has 1 aromatic heterocycles. The molecule has 0 radical (unpaired) electrons. The van der Waals surface area contributed by atoms with Gasteiger partial charge in [-0.05, 0) is 13.8 Å². The summed E-state index contributed by atoms with van der Waals surface area (Å²) < 4.78 is 0. The Labute approximate surface area is 118 Å². The third-order valence-corrected chi connectivity index (χ3v) is 4.00. The molecule has 0 aliphatic carbocycles. The fraction of sp³-hybridized carbons (Fsp3) is 0.615. The molecule has 3 heterocycles. The zero-order chi connectivity index (χ0) is 14.3. The molecule has 1 aromatic rings. The predicted octanol–water partition coefficient (Wildman–Crippen LogP) is 0.349. The number of aryl methyl sites for hydroxylation is 1. The third kappa shape index (κ3) is 2.03. The smallest absolute Gasteiger partial charge is 0.317 e. The Morgan fingerprint density at radius 3 is 2.85 bits per heavy atom. The van der Waals surface area contributed by atoms with Gasteiger partial charge in [-0.25, -0.2) is 14.8 Å². The lowest BCUT2D eigenvalue weighted by molar-refractivity contribution is 0.197. The van der Waals surface area contributed by atoms with Crippen molar-refractivity contribution in [1.29, 1.82) is 0 Å². The van der Waals surface area contributed by atoms with Gasteiger partial charge in [-0.3, -0.25) is 0 Å². The van der Waals surface area contributed by atoms with Gasteiger partial charge in [0.15, 0.2) is 0 Å². The van der Waals surface area contributed by atoms with Crippen LogP contribution in [0.4, 0.5) is 16.4 Å². The lowest BCUT2D eigenvalue weighted by Gasteiger charge is -2.37. The molecule has 2 saturated heterocycles. The monoisotopic (exact) mass is 276 g/mol. The Hall–Kier alpha value is -2.05. The number of amides is 2. The Bertz CT molecular complexity index is 546. The van der Waals surface area contributed by atoms with Gasteiger partial charge in [0, 0.05) is 38.8 Å². The highest BCUT2D eigenvalue weighted by atomic mass is 16.2. The van der Waals surface area contributed by atoms with Crippen molar-refractivity contribution in [3.8, 4) is 0 Å². The zero-order valence-electron chi connectivity index (χ0n) is 12.1. The molecule has 0 bridgehead atoms. The van der Waals surface area contributed by atoms with E-state index in [9.17, 15) is 4.79 Å². The van der Waals surface area contributed by atoms with Crippen LogP contribution in [0.1, 0.15) is 11.4 Å². The highest BCUT2D eigenvalue weighted by Crippen LogP contribution is 2.26. The van der Waals surface area contributed by atoms with Crippen molar-refractivity contribution < 1.29 is 4.79 Å². The summed E-state index contributed by atoms with van der Waals surface area (Å²) in [6.45, 7) is 7.03. The van der Waals surface area contributed by atoms with Gasteiger partial charge in [0.1, 0.15) is 17.5 Å². The van der Waals surface area contributed by atoms with E-state index in [-0.39, 0.29) is 12.1 Å². The summed E-state index contributed by atoms with van der Waals surface area (Å²) in [5, 5.41) is 6.01. The van der Waals surface area contributed by atoms with E-state index in [1.54, 1.807) is 0 Å². The molecule has 2 fully saturated rings. The minimum absolute atomic E-state index is 0.0566. The molecule has 7 nitrogen and oxygen atoms in total. The molecule has 20 heavy (non-hydrogen) atoms. The molecule has 2 amide bonds. The van der Waals surface area contributed by atoms with Crippen LogP contribution in [0.2, 0.25) is 0 Å². The standard InChI is InChI=1S/C13H20N6O/c1-8-11(14-3)16-9(2)17-12(8)18-4-5-19-10(7-18)6-15-13(19)20/h10H,4-7H2,1-3H3,(H,15,20)(H,14,16,17). The van der Waals surface area contributed by atoms with Gasteiger partial charge in [0.25, 0.3) is 0 Å². The summed E-state index contributed by atoms with van der Waals surface area (Å²) in [6.07, 6.45) is 0. The van der Waals surface area contributed by atoms with E-state index in [1.807, 2.05) is 25.8 Å². The van der Waals surface area contributed by atoms with Crippen molar-refractivity contribution in [2.45, 2.75) is 19.9 Å². The maximum atomic E-state index is 11.6. The quantitative estimate of drug-likeness (QED) is 0.815. The zero-order valence-corrected chi connectivity index (χ0v) is 12.1. The molecule has 1 atom stereocenters. The van der Waals surface area contributed by atoms with Crippen molar-refractivity contribution >= 4 is 17.7 Å². The number of hydrogen-bond donors (Lipinski definition) is 2. The number of fused-ring (bicyclic) bond motifs is 1. The Kier molecular flexibility index (Phi) is 3.11. The summed E-state index contributed by atoms with van der Waals surface area (Å²) in [5.74, 6) is 2.61. The molecule has 0 saturated carbocycles. The molecule has 0 spiro atoms. The number of nitrogens with one attached hydrogen (secondary N) is 2. The Morgan fingerprint density at radius 2 is 2.10 bits per heavy atom. The van der Waals surface area contributed by atoms with E-state index < -0.39 is 0 Å². The van der Waals surface area contributed by atoms with Crippen LogP contribution >= 0.6 is 0 Å². The number of piperazine rings is 1. The van der Waals surface area contributed by atoms with Gasteiger partial charge in [0.2, 0.25) is 0 Å². The second kappa shape index (κ2) is 4.81. The van der Waals surface area contributed by atoms with Crippen molar-refractivity contribution in [1.82, 2.24) is 20.2 Å². The first-order valence-corrected chi connectivity index (χ1v) is 6.92. The first kappa shape index (κ1) is 13.0. The second-order valence-electron chi connectivity index (χ2n) is 5.30. The summed E-state index contributed by atoms with van der Waals surface area (Å²) in [5.41, 5.74) is 1.06. The number of aromatic nitrogens is 2. The lowest BCUT2D eigenvalue weighted by Crippen LogP contribution is -2.52. The topological polar surface area (TPSA) is 73.4 Å². The van der Waals surface area contributed by atoms with E-state index in [0.717, 1.165) is 49.2 Å². The van der Waals surface area contributed by atoms with E-state index in [1.165, 1.54) is 0 Å².